The molecule has 16 nitrogen and oxygen atoms in total. The molecule has 0 radical (unpaired) electrons. The van der Waals surface area contributed by atoms with Gasteiger partial charge in [-0.15, -0.1) is 0 Å². The zero-order chi connectivity index (χ0) is 25.7. The number of hydrogen-bond acceptors (Lipinski definition) is 11. The Labute approximate surface area is 183 Å². The Balaban J connectivity index is 2.30. The highest BCUT2D eigenvalue weighted by Gasteiger charge is 2.58. The minimum atomic E-state index is -5.83. The molecule has 7 N–H and O–H groups in total. The van der Waals surface area contributed by atoms with Gasteiger partial charge in [-0.05, 0) is 20.8 Å². The largest absolute Gasteiger partial charge is 0.490 e. The lowest BCUT2D eigenvalue weighted by molar-refractivity contribution is -0.0815. The number of nitrogens with two attached hydrogens (primary N) is 1. The summed E-state index contributed by atoms with van der Waals surface area (Å²) in [5.74, 6) is -1.95. The third kappa shape index (κ3) is 6.31. The highest BCUT2D eigenvalue weighted by atomic mass is 31.3. The number of alkyl halides is 1. The summed E-state index contributed by atoms with van der Waals surface area (Å²) in [6, 6.07) is 0. The Kier molecular flexibility index (Phi) is 7.79. The molecule has 33 heavy (non-hydrogen) atoms. The van der Waals surface area contributed by atoms with Crippen LogP contribution in [-0.2, 0) is 31.6 Å². The zero-order valence-electron chi connectivity index (χ0n) is 16.9. The molecule has 1 saturated heterocycles. The first-order valence-electron chi connectivity index (χ1n) is 8.57. The quantitative estimate of drug-likeness (QED) is 0.235. The highest BCUT2D eigenvalue weighted by Crippen LogP contribution is 2.66. The molecule has 1 aromatic rings. The summed E-state index contributed by atoms with van der Waals surface area (Å²) in [6.45, 7) is 2.73. The first-order valence-corrected chi connectivity index (χ1v) is 13.1. The highest BCUT2D eigenvalue weighted by molar-refractivity contribution is 7.66. The Hall–Kier alpha value is -1.13. The summed E-state index contributed by atoms with van der Waals surface area (Å²) >= 11 is 0. The number of hydrogen-bond donors (Lipinski definition) is 6. The predicted octanol–water partition coefficient (Wildman–Crippen LogP) is -0.00868. The van der Waals surface area contributed by atoms with Crippen molar-refractivity contribution < 1.29 is 65.0 Å². The van der Waals surface area contributed by atoms with Crippen LogP contribution in [0.15, 0.2) is 4.79 Å². The lowest BCUT2D eigenvalue weighted by Gasteiger charge is -2.26. The second-order valence-electron chi connectivity index (χ2n) is 7.00. The van der Waals surface area contributed by atoms with Crippen molar-refractivity contribution in [1.29, 1.82) is 0 Å². The van der Waals surface area contributed by atoms with Crippen LogP contribution in [0.1, 0.15) is 25.8 Å². The van der Waals surface area contributed by atoms with Gasteiger partial charge in [0.15, 0.2) is 23.5 Å². The van der Waals surface area contributed by atoms with E-state index < -0.39 is 76.7 Å². The van der Waals surface area contributed by atoms with Gasteiger partial charge >= 0.3 is 29.2 Å². The van der Waals surface area contributed by atoms with Crippen LogP contribution in [0.3, 0.4) is 0 Å². The summed E-state index contributed by atoms with van der Waals surface area (Å²) in [6.07, 6.45) is -7.90. The standard InChI is InChI=1S/C12H20F2N3O13P3/c1-4-6(13)9(15)16-11(19)17(4)10-12(3,14)8(18)7(27-10)5(2)28-32(23,24)30-33(25,26)29-31(20,21)22/h5,7-8,10,18H,1-3H3,(H,23,24)(H,25,26)(H2,15,16,19)(H2,20,21,22)/t5-,7+,8?,10+,12+/m0/s1. The van der Waals surface area contributed by atoms with E-state index in [1.165, 1.54) is 0 Å². The third-order valence-electron chi connectivity index (χ3n) is 4.40. The van der Waals surface area contributed by atoms with Gasteiger partial charge in [-0.3, -0.25) is 9.09 Å². The maximum atomic E-state index is 15.3. The van der Waals surface area contributed by atoms with Crippen LogP contribution >= 0.6 is 23.5 Å². The second-order valence-corrected chi connectivity index (χ2v) is 11.4. The monoisotopic (exact) mass is 545 g/mol. The molecular weight excluding hydrogens is 525 g/mol. The molecule has 0 spiro atoms. The van der Waals surface area contributed by atoms with Gasteiger partial charge in [-0.25, -0.2) is 27.3 Å². The molecule has 7 atom stereocenters. The number of aliphatic hydroxyl groups is 1. The number of rotatable bonds is 8. The predicted molar refractivity (Wildman–Crippen MR) is 101 cm³/mol. The maximum Gasteiger partial charge on any atom is 0.490 e. The zero-order valence-corrected chi connectivity index (χ0v) is 19.6. The van der Waals surface area contributed by atoms with Crippen molar-refractivity contribution >= 4 is 29.3 Å². The summed E-state index contributed by atoms with van der Waals surface area (Å²) in [7, 11) is -17.1. The van der Waals surface area contributed by atoms with Crippen LogP contribution in [0.4, 0.5) is 14.6 Å². The fourth-order valence-electron chi connectivity index (χ4n) is 2.99. The second kappa shape index (κ2) is 9.15. The molecule has 190 valence electrons. The van der Waals surface area contributed by atoms with Crippen molar-refractivity contribution in [3.05, 3.63) is 22.0 Å². The van der Waals surface area contributed by atoms with E-state index in [4.69, 9.17) is 20.3 Å². The van der Waals surface area contributed by atoms with Gasteiger partial charge < -0.3 is 35.2 Å². The molecular formula is C12H20F2N3O13P3. The smallest absolute Gasteiger partial charge is 0.387 e. The maximum absolute atomic E-state index is 15.3. The minimum absolute atomic E-state index is 0.409. The number of anilines is 1. The molecule has 21 heteroatoms. The number of phosphoric acid groups is 3. The fourth-order valence-corrected chi connectivity index (χ4v) is 6.19. The summed E-state index contributed by atoms with van der Waals surface area (Å²) in [4.78, 5) is 51.2. The van der Waals surface area contributed by atoms with Gasteiger partial charge in [-0.1, -0.05) is 0 Å². The van der Waals surface area contributed by atoms with Crippen LogP contribution in [0.2, 0.25) is 0 Å². The summed E-state index contributed by atoms with van der Waals surface area (Å²) in [5, 5.41) is 10.3. The molecule has 0 aliphatic carbocycles. The average Bonchev–Trinajstić information content (AvgIpc) is 2.80. The van der Waals surface area contributed by atoms with Crippen LogP contribution in [-0.4, -0.2) is 58.2 Å². The van der Waals surface area contributed by atoms with E-state index in [2.05, 4.69) is 18.1 Å². The molecule has 2 heterocycles. The van der Waals surface area contributed by atoms with Gasteiger partial charge in [-0.2, -0.15) is 13.6 Å². The molecule has 1 aromatic heterocycles. The van der Waals surface area contributed by atoms with Crippen molar-refractivity contribution in [1.82, 2.24) is 9.55 Å². The molecule has 3 unspecified atom stereocenters. The SMILES string of the molecule is Cc1c(F)c(N)nc(=O)n1[C@@H]1O[C@H]([C@H](C)OP(=O)(O)OP(=O)(O)OP(=O)(O)O)C(O)[C@@]1(C)F. The number of nitrogens with zero attached hydrogens (tertiary/aromatic N) is 2. The lowest BCUT2D eigenvalue weighted by Crippen LogP contribution is -2.45. The Morgan fingerprint density at radius 1 is 1.21 bits per heavy atom. The minimum Gasteiger partial charge on any atom is -0.387 e. The van der Waals surface area contributed by atoms with E-state index >= 15 is 4.39 Å². The van der Waals surface area contributed by atoms with Gasteiger partial charge in [0.25, 0.3) is 0 Å². The Morgan fingerprint density at radius 2 is 1.76 bits per heavy atom. The van der Waals surface area contributed by atoms with Crippen LogP contribution in [0.25, 0.3) is 0 Å². The average molecular weight is 545 g/mol. The number of halogens is 2. The normalized spacial score (nSPS) is 30.5. The van der Waals surface area contributed by atoms with Gasteiger partial charge in [0.1, 0.15) is 12.2 Å². The van der Waals surface area contributed by atoms with Gasteiger partial charge in [0.2, 0.25) is 0 Å². The number of aliphatic hydroxyl groups excluding tert-OH is 1. The summed E-state index contributed by atoms with van der Waals surface area (Å²) in [5.41, 5.74) is 0.656. The van der Waals surface area contributed by atoms with E-state index in [9.17, 15) is 37.8 Å². The van der Waals surface area contributed by atoms with Crippen molar-refractivity contribution in [2.24, 2.45) is 0 Å². The molecule has 0 aromatic carbocycles. The first-order chi connectivity index (χ1) is 14.7. The van der Waals surface area contributed by atoms with Crippen LogP contribution in [0.5, 0.6) is 0 Å². The number of aromatic nitrogens is 2. The van der Waals surface area contributed by atoms with E-state index in [1.54, 1.807) is 0 Å². The molecule has 1 fully saturated rings. The fraction of sp³-hybridized carbons (Fsp3) is 0.667. The molecule has 0 bridgehead atoms. The molecule has 1 aliphatic heterocycles. The third-order valence-corrected chi connectivity index (χ3v) is 8.32. The molecule has 2 rings (SSSR count). The topological polar surface area (TPSA) is 250 Å². The van der Waals surface area contributed by atoms with Crippen molar-refractivity contribution in [3.63, 3.8) is 0 Å². The summed E-state index contributed by atoms with van der Waals surface area (Å²) < 4.78 is 80.7. The molecule has 1 aliphatic rings. The number of nitrogen functional groups attached to an aromatic ring is 1. The molecule has 0 saturated carbocycles. The van der Waals surface area contributed by atoms with Gasteiger partial charge in [0, 0.05) is 0 Å². The van der Waals surface area contributed by atoms with Crippen molar-refractivity contribution in [2.75, 3.05) is 5.73 Å². The van der Waals surface area contributed by atoms with E-state index in [-0.39, 0.29) is 0 Å². The van der Waals surface area contributed by atoms with Crippen LogP contribution in [0, 0.1) is 12.7 Å². The van der Waals surface area contributed by atoms with Crippen LogP contribution < -0.4 is 11.4 Å². The first kappa shape index (κ1) is 28.1. The Bertz CT molecular complexity index is 1120. The Morgan fingerprint density at radius 3 is 2.27 bits per heavy atom. The van der Waals surface area contributed by atoms with E-state index in [1.807, 2.05) is 0 Å². The van der Waals surface area contributed by atoms with Crippen molar-refractivity contribution in [2.45, 2.75) is 51.0 Å². The van der Waals surface area contributed by atoms with E-state index in [0.29, 0.717) is 4.57 Å². The van der Waals surface area contributed by atoms with Crippen molar-refractivity contribution in [3.8, 4) is 0 Å². The number of ether oxygens (including phenoxy) is 1. The lowest BCUT2D eigenvalue weighted by atomic mass is 9.96. The van der Waals surface area contributed by atoms with Gasteiger partial charge in [0.05, 0.1) is 11.8 Å². The molecule has 0 amide bonds. The van der Waals surface area contributed by atoms with E-state index in [0.717, 1.165) is 20.8 Å². The number of phosphoric ester groups is 1.